The number of rotatable bonds is 7. The molecule has 0 fully saturated rings. The molecule has 0 aliphatic heterocycles. The Bertz CT molecular complexity index is 1260. The average Bonchev–Trinajstić information content (AvgIpc) is 2.79. The largest absolute Gasteiger partial charge is 0.479 e. The maximum Gasteiger partial charge on any atom is 0.280 e. The minimum atomic E-state index is -0.857. The fourth-order valence-corrected chi connectivity index (χ4v) is 3.75. The maximum absolute atomic E-state index is 12.6. The number of anilines is 1. The number of carbonyl (C=O) groups is 2. The van der Waals surface area contributed by atoms with Crippen LogP contribution in [0, 0.1) is 0 Å². The van der Waals surface area contributed by atoms with Gasteiger partial charge in [-0.3, -0.25) is 9.59 Å². The van der Waals surface area contributed by atoms with E-state index in [9.17, 15) is 9.59 Å². The van der Waals surface area contributed by atoms with Crippen molar-refractivity contribution in [1.29, 1.82) is 0 Å². The van der Waals surface area contributed by atoms with Crippen LogP contribution in [-0.4, -0.2) is 23.6 Å². The number of ether oxygens (including phenoxy) is 1. The van der Waals surface area contributed by atoms with Crippen molar-refractivity contribution in [2.45, 2.75) is 20.0 Å². The fraction of sp³-hybridized carbons (Fsp3) is 0.125. The van der Waals surface area contributed by atoms with Crippen molar-refractivity contribution in [1.82, 2.24) is 5.43 Å². The summed E-state index contributed by atoms with van der Waals surface area (Å²) in [5.74, 6) is -0.514. The van der Waals surface area contributed by atoms with Crippen LogP contribution in [0.25, 0.3) is 0 Å². The van der Waals surface area contributed by atoms with E-state index < -0.39 is 12.0 Å². The topological polar surface area (TPSA) is 79.8 Å². The van der Waals surface area contributed by atoms with Crippen LogP contribution in [0.1, 0.15) is 29.8 Å². The van der Waals surface area contributed by atoms with Crippen LogP contribution >= 0.6 is 46.4 Å². The number of carbonyl (C=O) groups excluding carboxylic acids is 2. The number of amides is 2. The highest BCUT2D eigenvalue weighted by Crippen LogP contribution is 2.28. The minimum Gasteiger partial charge on any atom is -0.479 e. The molecule has 3 aromatic rings. The molecule has 10 heteroatoms. The lowest BCUT2D eigenvalue weighted by Gasteiger charge is -2.14. The highest BCUT2D eigenvalue weighted by Gasteiger charge is 2.16. The van der Waals surface area contributed by atoms with Gasteiger partial charge in [0.25, 0.3) is 11.8 Å². The van der Waals surface area contributed by atoms with E-state index in [1.54, 1.807) is 62.4 Å². The Morgan fingerprint density at radius 3 is 2.26 bits per heavy atom. The van der Waals surface area contributed by atoms with Gasteiger partial charge >= 0.3 is 0 Å². The zero-order valence-corrected chi connectivity index (χ0v) is 21.1. The van der Waals surface area contributed by atoms with E-state index in [1.165, 1.54) is 12.1 Å². The van der Waals surface area contributed by atoms with Crippen LogP contribution < -0.4 is 15.5 Å². The van der Waals surface area contributed by atoms with E-state index in [0.29, 0.717) is 43.3 Å². The van der Waals surface area contributed by atoms with Crippen molar-refractivity contribution in [3.63, 3.8) is 0 Å². The van der Waals surface area contributed by atoms with E-state index in [4.69, 9.17) is 51.1 Å². The smallest absolute Gasteiger partial charge is 0.280 e. The summed E-state index contributed by atoms with van der Waals surface area (Å²) in [4.78, 5) is 24.9. The van der Waals surface area contributed by atoms with Gasteiger partial charge in [0.15, 0.2) is 6.10 Å². The lowest BCUT2D eigenvalue weighted by molar-refractivity contribution is -0.127. The predicted molar refractivity (Wildman–Crippen MR) is 138 cm³/mol. The third kappa shape index (κ3) is 6.87. The average molecular weight is 539 g/mol. The monoisotopic (exact) mass is 537 g/mol. The second kappa shape index (κ2) is 11.6. The van der Waals surface area contributed by atoms with E-state index in [-0.39, 0.29) is 10.9 Å². The molecule has 0 aliphatic carbocycles. The molecular weight excluding hydrogens is 520 g/mol. The van der Waals surface area contributed by atoms with Gasteiger partial charge in [0, 0.05) is 15.7 Å². The van der Waals surface area contributed by atoms with Crippen molar-refractivity contribution in [2.75, 3.05) is 5.32 Å². The molecule has 1 atom stereocenters. The Labute approximate surface area is 216 Å². The third-order valence-corrected chi connectivity index (χ3v) is 5.69. The number of hydrogen-bond donors (Lipinski definition) is 2. The number of halogens is 4. The van der Waals surface area contributed by atoms with Gasteiger partial charge in [0.1, 0.15) is 5.75 Å². The molecule has 2 amide bonds. The highest BCUT2D eigenvalue weighted by molar-refractivity contribution is 6.37. The molecule has 0 heterocycles. The normalized spacial score (nSPS) is 12.1. The van der Waals surface area contributed by atoms with Gasteiger partial charge in [-0.1, -0.05) is 58.5 Å². The summed E-state index contributed by atoms with van der Waals surface area (Å²) in [6.07, 6.45) is -0.857. The van der Waals surface area contributed by atoms with Gasteiger partial charge in [0.05, 0.1) is 21.3 Å². The minimum absolute atomic E-state index is 0.248. The summed E-state index contributed by atoms with van der Waals surface area (Å²) in [6.45, 7) is 3.29. The van der Waals surface area contributed by atoms with E-state index >= 15 is 0 Å². The predicted octanol–water partition coefficient (Wildman–Crippen LogP) is 6.86. The van der Waals surface area contributed by atoms with Gasteiger partial charge in [0.2, 0.25) is 0 Å². The van der Waals surface area contributed by atoms with Gasteiger partial charge in [-0.15, -0.1) is 0 Å². The summed E-state index contributed by atoms with van der Waals surface area (Å²) in [7, 11) is 0. The molecule has 2 N–H and O–H groups in total. The first-order valence-electron chi connectivity index (χ1n) is 9.96. The number of nitrogens with zero attached hydrogens (tertiary/aromatic N) is 1. The van der Waals surface area contributed by atoms with Crippen LogP contribution in [0.15, 0.2) is 65.8 Å². The van der Waals surface area contributed by atoms with Gasteiger partial charge in [-0.2, -0.15) is 5.10 Å². The van der Waals surface area contributed by atoms with Crippen LogP contribution in [0.5, 0.6) is 5.75 Å². The first-order valence-corrected chi connectivity index (χ1v) is 11.5. The Morgan fingerprint density at radius 1 is 0.912 bits per heavy atom. The molecule has 34 heavy (non-hydrogen) atoms. The van der Waals surface area contributed by atoms with Crippen molar-refractivity contribution in [3.05, 3.63) is 91.9 Å². The highest BCUT2D eigenvalue weighted by atomic mass is 35.5. The zero-order valence-electron chi connectivity index (χ0n) is 18.0. The van der Waals surface area contributed by atoms with E-state index in [0.717, 1.165) is 0 Å². The summed E-state index contributed by atoms with van der Waals surface area (Å²) < 4.78 is 5.58. The Hall–Kier alpha value is -2.77. The van der Waals surface area contributed by atoms with Gasteiger partial charge < -0.3 is 10.1 Å². The summed E-state index contributed by atoms with van der Waals surface area (Å²) in [5, 5.41) is 8.36. The van der Waals surface area contributed by atoms with Crippen LogP contribution in [0.2, 0.25) is 20.1 Å². The Morgan fingerprint density at radius 2 is 1.59 bits per heavy atom. The molecule has 0 radical (unpaired) electrons. The molecule has 0 aromatic heterocycles. The second-order valence-corrected chi connectivity index (χ2v) is 8.85. The lowest BCUT2D eigenvalue weighted by atomic mass is 10.1. The van der Waals surface area contributed by atoms with Crippen molar-refractivity contribution < 1.29 is 14.3 Å². The number of hydrazone groups is 1. The summed E-state index contributed by atoms with van der Waals surface area (Å²) in [6, 6.07) is 16.4. The van der Waals surface area contributed by atoms with Crippen LogP contribution in [0.3, 0.4) is 0 Å². The van der Waals surface area contributed by atoms with Crippen LogP contribution in [-0.2, 0) is 4.79 Å². The fourth-order valence-electron chi connectivity index (χ4n) is 2.80. The second-order valence-electron chi connectivity index (χ2n) is 7.17. The van der Waals surface area contributed by atoms with Crippen molar-refractivity contribution in [3.8, 4) is 5.75 Å². The molecule has 6 nitrogen and oxygen atoms in total. The molecule has 0 bridgehead atoms. The zero-order chi connectivity index (χ0) is 24.8. The molecule has 0 aliphatic rings. The molecule has 3 rings (SSSR count). The number of benzene rings is 3. The molecule has 1 unspecified atom stereocenters. The molecule has 176 valence electrons. The van der Waals surface area contributed by atoms with E-state index in [1.807, 2.05) is 0 Å². The van der Waals surface area contributed by atoms with Crippen molar-refractivity contribution in [2.24, 2.45) is 5.10 Å². The summed E-state index contributed by atoms with van der Waals surface area (Å²) in [5.41, 5.74) is 4.50. The Kier molecular flexibility index (Phi) is 8.80. The molecular formula is C24H19Cl4N3O3. The SMILES string of the molecule is C/C(=N/NC(=O)C(C)Oc1ccc(Cl)cc1Cl)c1cccc(NC(=O)c2ccc(Cl)cc2Cl)c1. The molecule has 0 saturated carbocycles. The first kappa shape index (κ1) is 25.8. The molecule has 3 aromatic carbocycles. The molecule has 0 spiro atoms. The Balaban J connectivity index is 1.64. The number of hydrogen-bond acceptors (Lipinski definition) is 4. The van der Waals surface area contributed by atoms with Gasteiger partial charge in [-0.25, -0.2) is 5.43 Å². The summed E-state index contributed by atoms with van der Waals surface area (Å²) >= 11 is 23.9. The maximum atomic E-state index is 12.6. The molecule has 0 saturated heterocycles. The quantitative estimate of drug-likeness (QED) is 0.254. The lowest BCUT2D eigenvalue weighted by Crippen LogP contribution is -2.34. The standard InChI is InChI=1S/C24H19Cl4N3O3/c1-13(30-31-23(32)14(2)34-22-9-7-17(26)12-21(22)28)15-4-3-5-18(10-15)29-24(33)19-8-6-16(25)11-20(19)27/h3-12,14H,1-2H3,(H,29,33)(H,31,32)/b30-13-. The van der Waals surface area contributed by atoms with Crippen LogP contribution in [0.4, 0.5) is 5.69 Å². The first-order chi connectivity index (χ1) is 16.1. The number of nitrogens with one attached hydrogen (secondary N) is 2. The third-order valence-electron chi connectivity index (χ3n) is 4.61. The van der Waals surface area contributed by atoms with E-state index in [2.05, 4.69) is 15.8 Å². The van der Waals surface area contributed by atoms with Crippen molar-refractivity contribution >= 4 is 69.6 Å². The van der Waals surface area contributed by atoms with Gasteiger partial charge in [-0.05, 0) is 67.9 Å².